The zero-order valence-electron chi connectivity index (χ0n) is 9.94. The van der Waals surface area contributed by atoms with Crippen LogP contribution in [0.1, 0.15) is 11.1 Å². The molecule has 0 heterocycles. The summed E-state index contributed by atoms with van der Waals surface area (Å²) in [5, 5.41) is 0. The summed E-state index contributed by atoms with van der Waals surface area (Å²) < 4.78 is 11.3. The fraction of sp³-hybridized carbons (Fsp3) is 0.143. The van der Waals surface area contributed by atoms with Crippen molar-refractivity contribution >= 4 is 0 Å². The fourth-order valence-corrected chi connectivity index (χ4v) is 2.57. The van der Waals surface area contributed by atoms with E-state index in [2.05, 4.69) is 13.8 Å². The summed E-state index contributed by atoms with van der Waals surface area (Å²) in [6, 6.07) is 16.1. The molecule has 17 heavy (non-hydrogen) atoms. The SMILES string of the molecule is Cc1ccc([O][Zr][O]c2ccc(C)cc2)cc1. The van der Waals surface area contributed by atoms with Gasteiger partial charge in [-0.05, 0) is 0 Å². The van der Waals surface area contributed by atoms with E-state index in [1.807, 2.05) is 48.5 Å². The number of hydrogen-bond acceptors (Lipinski definition) is 2. The van der Waals surface area contributed by atoms with Gasteiger partial charge in [0.1, 0.15) is 0 Å². The van der Waals surface area contributed by atoms with Gasteiger partial charge in [-0.1, -0.05) is 0 Å². The van der Waals surface area contributed by atoms with Crippen molar-refractivity contribution in [3.8, 4) is 11.5 Å². The summed E-state index contributed by atoms with van der Waals surface area (Å²) in [7, 11) is 0. The molecular formula is C14H14O2Zr. The molecule has 0 N–H and O–H groups in total. The molecule has 0 spiro atoms. The molecule has 0 saturated heterocycles. The normalized spacial score (nSPS) is 9.76. The van der Waals surface area contributed by atoms with Gasteiger partial charge in [0.05, 0.1) is 0 Å². The molecule has 0 radical (unpaired) electrons. The summed E-state index contributed by atoms with van der Waals surface area (Å²) in [5.41, 5.74) is 2.48. The van der Waals surface area contributed by atoms with Gasteiger partial charge in [-0.2, -0.15) is 0 Å². The van der Waals surface area contributed by atoms with E-state index in [-0.39, 0.29) is 0 Å². The van der Waals surface area contributed by atoms with Gasteiger partial charge in [-0.15, -0.1) is 0 Å². The molecule has 0 bridgehead atoms. The van der Waals surface area contributed by atoms with E-state index in [9.17, 15) is 0 Å². The third kappa shape index (κ3) is 4.01. The molecule has 0 amide bonds. The summed E-state index contributed by atoms with van der Waals surface area (Å²) in [6.45, 7) is 4.12. The van der Waals surface area contributed by atoms with Gasteiger partial charge < -0.3 is 0 Å². The van der Waals surface area contributed by atoms with Crippen LogP contribution < -0.4 is 5.63 Å². The number of aryl methyl sites for hydroxylation is 2. The van der Waals surface area contributed by atoms with Crippen molar-refractivity contribution in [2.24, 2.45) is 0 Å². The quantitative estimate of drug-likeness (QED) is 0.858. The minimum absolute atomic E-state index is 0.898. The topological polar surface area (TPSA) is 18.5 Å². The molecule has 2 aromatic carbocycles. The van der Waals surface area contributed by atoms with E-state index in [4.69, 9.17) is 5.63 Å². The Labute approximate surface area is 114 Å². The van der Waals surface area contributed by atoms with Crippen molar-refractivity contribution in [2.75, 3.05) is 0 Å². The van der Waals surface area contributed by atoms with Crippen LogP contribution in [0.3, 0.4) is 0 Å². The van der Waals surface area contributed by atoms with Gasteiger partial charge in [-0.3, -0.25) is 0 Å². The van der Waals surface area contributed by atoms with E-state index in [0.29, 0.717) is 0 Å². The molecule has 0 unspecified atom stereocenters. The summed E-state index contributed by atoms with van der Waals surface area (Å²) >= 11 is -1.29. The summed E-state index contributed by atoms with van der Waals surface area (Å²) in [5.74, 6) is 1.80. The molecule has 86 valence electrons. The standard InChI is InChI=1S/2C7H8O.Zr/c2*1-6-2-4-7(8)5-3-6;/h2*2-5,8H,1H3;/q;;+2/p-2. The van der Waals surface area contributed by atoms with Crippen LogP contribution in [-0.4, -0.2) is 0 Å². The first kappa shape index (κ1) is 12.4. The molecule has 0 aliphatic rings. The second kappa shape index (κ2) is 6.02. The predicted octanol–water partition coefficient (Wildman–Crippen LogP) is 3.67. The van der Waals surface area contributed by atoms with E-state index in [1.165, 1.54) is 11.1 Å². The van der Waals surface area contributed by atoms with Crippen molar-refractivity contribution in [3.05, 3.63) is 59.7 Å². The zero-order valence-corrected chi connectivity index (χ0v) is 12.4. The second-order valence-corrected chi connectivity index (χ2v) is 5.33. The van der Waals surface area contributed by atoms with Crippen LogP contribution in [-0.2, 0) is 24.1 Å². The number of benzene rings is 2. The second-order valence-electron chi connectivity index (χ2n) is 3.91. The average molecular weight is 305 g/mol. The molecule has 0 fully saturated rings. The molecule has 0 saturated carbocycles. The molecule has 3 heteroatoms. The van der Waals surface area contributed by atoms with Gasteiger partial charge in [-0.25, -0.2) is 0 Å². The minimum atomic E-state index is -1.29. The van der Waals surface area contributed by atoms with E-state index in [1.54, 1.807) is 0 Å². The van der Waals surface area contributed by atoms with Crippen molar-refractivity contribution in [3.63, 3.8) is 0 Å². The van der Waals surface area contributed by atoms with Crippen molar-refractivity contribution < 1.29 is 29.7 Å². The Kier molecular flexibility index (Phi) is 4.38. The molecule has 0 aromatic heterocycles. The van der Waals surface area contributed by atoms with Gasteiger partial charge in [0.25, 0.3) is 0 Å². The predicted molar refractivity (Wildman–Crippen MR) is 63.6 cm³/mol. The Morgan fingerprint density at radius 1 is 0.647 bits per heavy atom. The van der Waals surface area contributed by atoms with Crippen LogP contribution in [0.4, 0.5) is 0 Å². The first-order valence-electron chi connectivity index (χ1n) is 5.46. The van der Waals surface area contributed by atoms with Gasteiger partial charge in [0, 0.05) is 0 Å². The number of hydrogen-bond donors (Lipinski definition) is 0. The Morgan fingerprint density at radius 3 is 1.35 bits per heavy atom. The average Bonchev–Trinajstić information content (AvgIpc) is 2.34. The van der Waals surface area contributed by atoms with Crippen molar-refractivity contribution in [1.82, 2.24) is 0 Å². The van der Waals surface area contributed by atoms with Crippen LogP contribution in [0, 0.1) is 13.8 Å². The Bertz CT molecular complexity index is 417. The van der Waals surface area contributed by atoms with Crippen LogP contribution in [0.15, 0.2) is 48.5 Å². The maximum atomic E-state index is 5.64. The van der Waals surface area contributed by atoms with E-state index in [0.717, 1.165) is 11.5 Å². The van der Waals surface area contributed by atoms with Gasteiger partial charge >= 0.3 is 115 Å². The monoisotopic (exact) mass is 304 g/mol. The molecule has 0 atom stereocenters. The molecule has 0 aliphatic carbocycles. The van der Waals surface area contributed by atoms with Crippen molar-refractivity contribution in [1.29, 1.82) is 0 Å². The maximum absolute atomic E-state index is 5.64. The van der Waals surface area contributed by atoms with Crippen LogP contribution >= 0.6 is 0 Å². The third-order valence-electron chi connectivity index (χ3n) is 2.36. The number of rotatable bonds is 4. The molecule has 2 aromatic rings. The van der Waals surface area contributed by atoms with Crippen LogP contribution in [0.2, 0.25) is 0 Å². The zero-order chi connectivity index (χ0) is 12.1. The summed E-state index contributed by atoms with van der Waals surface area (Å²) in [6.07, 6.45) is 0. The van der Waals surface area contributed by atoms with Gasteiger partial charge in [0.15, 0.2) is 0 Å². The molecule has 2 rings (SSSR count). The Balaban J connectivity index is 1.83. The Morgan fingerprint density at radius 2 is 1.00 bits per heavy atom. The van der Waals surface area contributed by atoms with Crippen LogP contribution in [0.5, 0.6) is 11.5 Å². The molecule has 0 aliphatic heterocycles. The Hall–Kier alpha value is -1.08. The van der Waals surface area contributed by atoms with Crippen molar-refractivity contribution in [2.45, 2.75) is 13.8 Å². The summed E-state index contributed by atoms with van der Waals surface area (Å²) in [4.78, 5) is 0. The van der Waals surface area contributed by atoms with Crippen LogP contribution in [0.25, 0.3) is 0 Å². The van der Waals surface area contributed by atoms with E-state index >= 15 is 0 Å². The first-order valence-corrected chi connectivity index (χ1v) is 7.47. The van der Waals surface area contributed by atoms with E-state index < -0.39 is 24.1 Å². The fourth-order valence-electron chi connectivity index (χ4n) is 1.33. The van der Waals surface area contributed by atoms with Gasteiger partial charge in [0.2, 0.25) is 0 Å². The third-order valence-corrected chi connectivity index (χ3v) is 3.93. The molecular weight excluding hydrogens is 291 g/mol. The molecule has 2 nitrogen and oxygen atoms in total. The first-order chi connectivity index (χ1) is 8.24.